The number of amides is 1. The molecule has 1 aliphatic carbocycles. The van der Waals surface area contributed by atoms with E-state index in [9.17, 15) is 14.7 Å². The van der Waals surface area contributed by atoms with Gasteiger partial charge in [-0.3, -0.25) is 4.79 Å². The molecule has 0 saturated heterocycles. The van der Waals surface area contributed by atoms with E-state index >= 15 is 0 Å². The highest BCUT2D eigenvalue weighted by Crippen LogP contribution is 2.27. The van der Waals surface area contributed by atoms with Crippen molar-refractivity contribution in [1.29, 1.82) is 0 Å². The summed E-state index contributed by atoms with van der Waals surface area (Å²) in [5, 5.41) is 15.0. The second-order valence-corrected chi connectivity index (χ2v) is 7.52. The summed E-state index contributed by atoms with van der Waals surface area (Å²) in [6, 6.07) is 4.03. The summed E-state index contributed by atoms with van der Waals surface area (Å²) in [5.41, 5.74) is 2.34. The minimum Gasteiger partial charge on any atom is -0.480 e. The Morgan fingerprint density at radius 3 is 2.61 bits per heavy atom. The van der Waals surface area contributed by atoms with E-state index in [1.807, 2.05) is 7.05 Å². The normalized spacial score (nSPS) is 14.7. The number of anilines is 1. The lowest BCUT2D eigenvalue weighted by Gasteiger charge is -2.24. The number of aliphatic carboxylic acids is 1. The van der Waals surface area contributed by atoms with Crippen molar-refractivity contribution >= 4 is 17.7 Å². The van der Waals surface area contributed by atoms with Gasteiger partial charge in [-0.1, -0.05) is 13.0 Å². The molecule has 1 fully saturated rings. The van der Waals surface area contributed by atoms with Gasteiger partial charge in [0.25, 0.3) is 0 Å². The standard InChI is InChI=1S/C21H34N4O3/c1-4-16-8-9-17(24-20(16)22-3)7-5-6-13-25(18-10-11-18)14-12-19(21(27)28)23-15(2)26/h8-9,18-19H,4-7,10-14H2,1-3H3,(H,22,24)(H,23,26)(H,27,28). The van der Waals surface area contributed by atoms with Crippen LogP contribution in [0.3, 0.4) is 0 Å². The van der Waals surface area contributed by atoms with Gasteiger partial charge in [0, 0.05) is 32.3 Å². The number of carbonyl (C=O) groups excluding carboxylic acids is 1. The number of aromatic nitrogens is 1. The molecule has 7 nitrogen and oxygen atoms in total. The van der Waals surface area contributed by atoms with Crippen LogP contribution in [-0.2, 0) is 22.4 Å². The zero-order chi connectivity index (χ0) is 20.5. The highest BCUT2D eigenvalue weighted by Gasteiger charge is 2.29. The Hall–Kier alpha value is -2.15. The summed E-state index contributed by atoms with van der Waals surface area (Å²) >= 11 is 0. The molecule has 1 unspecified atom stereocenters. The number of nitrogens with one attached hydrogen (secondary N) is 2. The van der Waals surface area contributed by atoms with Crippen LogP contribution in [0.4, 0.5) is 5.82 Å². The van der Waals surface area contributed by atoms with Crippen molar-refractivity contribution in [2.45, 2.75) is 70.9 Å². The molecule has 1 saturated carbocycles. The zero-order valence-corrected chi connectivity index (χ0v) is 17.3. The average molecular weight is 391 g/mol. The number of carbonyl (C=O) groups is 2. The number of pyridine rings is 1. The first-order valence-corrected chi connectivity index (χ1v) is 10.3. The van der Waals surface area contributed by atoms with Gasteiger partial charge in [0.15, 0.2) is 0 Å². The molecule has 1 heterocycles. The van der Waals surface area contributed by atoms with E-state index in [1.165, 1.54) is 25.3 Å². The largest absolute Gasteiger partial charge is 0.480 e. The first kappa shape index (κ1) is 22.1. The average Bonchev–Trinajstić information content (AvgIpc) is 3.50. The lowest BCUT2D eigenvalue weighted by Crippen LogP contribution is -2.42. The maximum absolute atomic E-state index is 11.3. The number of carboxylic acids is 1. The number of hydrogen-bond acceptors (Lipinski definition) is 5. The van der Waals surface area contributed by atoms with Gasteiger partial charge in [0.1, 0.15) is 11.9 Å². The van der Waals surface area contributed by atoms with Gasteiger partial charge in [-0.15, -0.1) is 0 Å². The van der Waals surface area contributed by atoms with Crippen LogP contribution in [0.25, 0.3) is 0 Å². The van der Waals surface area contributed by atoms with E-state index in [4.69, 9.17) is 4.98 Å². The smallest absolute Gasteiger partial charge is 0.326 e. The third-order valence-corrected chi connectivity index (χ3v) is 5.23. The molecule has 1 aliphatic rings. The van der Waals surface area contributed by atoms with E-state index < -0.39 is 12.0 Å². The third kappa shape index (κ3) is 7.11. The Bertz CT molecular complexity index is 661. The van der Waals surface area contributed by atoms with Crippen molar-refractivity contribution in [2.75, 3.05) is 25.5 Å². The minimum absolute atomic E-state index is 0.298. The molecule has 2 rings (SSSR count). The predicted molar refractivity (Wildman–Crippen MR) is 111 cm³/mol. The molecule has 3 N–H and O–H groups in total. The fraction of sp³-hybridized carbons (Fsp3) is 0.667. The Kier molecular flexibility index (Phi) is 8.70. The molecule has 1 aromatic rings. The van der Waals surface area contributed by atoms with Gasteiger partial charge in [0.05, 0.1) is 0 Å². The van der Waals surface area contributed by atoms with Crippen molar-refractivity contribution in [3.8, 4) is 0 Å². The Morgan fingerprint density at radius 2 is 2.04 bits per heavy atom. The number of hydrogen-bond donors (Lipinski definition) is 3. The quantitative estimate of drug-likeness (QED) is 0.448. The summed E-state index contributed by atoms with van der Waals surface area (Å²) in [7, 11) is 1.91. The molecule has 0 radical (unpaired) electrons. The van der Waals surface area contributed by atoms with Crippen molar-refractivity contribution in [2.24, 2.45) is 0 Å². The number of nitrogens with zero attached hydrogens (tertiary/aromatic N) is 2. The lowest BCUT2D eigenvalue weighted by atomic mass is 10.1. The van der Waals surface area contributed by atoms with Gasteiger partial charge < -0.3 is 20.6 Å². The molecule has 156 valence electrons. The van der Waals surface area contributed by atoms with E-state index in [1.54, 1.807) is 0 Å². The second-order valence-electron chi connectivity index (χ2n) is 7.52. The summed E-state index contributed by atoms with van der Waals surface area (Å²) < 4.78 is 0. The Labute approximate surface area is 167 Å². The predicted octanol–water partition coefficient (Wildman–Crippen LogP) is 2.45. The zero-order valence-electron chi connectivity index (χ0n) is 17.3. The third-order valence-electron chi connectivity index (χ3n) is 5.23. The van der Waals surface area contributed by atoms with Gasteiger partial charge in [-0.2, -0.15) is 0 Å². The van der Waals surface area contributed by atoms with Gasteiger partial charge in [-0.05, 0) is 63.1 Å². The first-order chi connectivity index (χ1) is 13.4. The van der Waals surface area contributed by atoms with Crippen LogP contribution < -0.4 is 10.6 Å². The molecule has 0 spiro atoms. The molecular weight excluding hydrogens is 356 g/mol. The topological polar surface area (TPSA) is 94.6 Å². The van der Waals surface area contributed by atoms with E-state index in [0.717, 1.165) is 43.7 Å². The van der Waals surface area contributed by atoms with Crippen LogP contribution in [-0.4, -0.2) is 59.1 Å². The number of carboxylic acid groups (broad SMARTS) is 1. The molecule has 7 heteroatoms. The Balaban J connectivity index is 1.77. The number of unbranched alkanes of at least 4 members (excludes halogenated alkanes) is 1. The fourth-order valence-corrected chi connectivity index (χ4v) is 3.50. The van der Waals surface area contributed by atoms with Gasteiger partial charge >= 0.3 is 5.97 Å². The van der Waals surface area contributed by atoms with Crippen LogP contribution in [0.15, 0.2) is 12.1 Å². The molecule has 1 atom stereocenters. The summed E-state index contributed by atoms with van der Waals surface area (Å²) in [5.74, 6) is -0.293. The summed E-state index contributed by atoms with van der Waals surface area (Å²) in [4.78, 5) is 29.6. The second kappa shape index (κ2) is 11.0. The number of rotatable bonds is 13. The molecule has 28 heavy (non-hydrogen) atoms. The number of aryl methyl sites for hydroxylation is 2. The highest BCUT2D eigenvalue weighted by atomic mass is 16.4. The van der Waals surface area contributed by atoms with Crippen LogP contribution in [0, 0.1) is 0 Å². The van der Waals surface area contributed by atoms with Crippen LogP contribution in [0.5, 0.6) is 0 Å². The van der Waals surface area contributed by atoms with Crippen molar-refractivity contribution < 1.29 is 14.7 Å². The van der Waals surface area contributed by atoms with Crippen LogP contribution in [0.1, 0.15) is 57.2 Å². The molecular formula is C21H34N4O3. The van der Waals surface area contributed by atoms with E-state index in [2.05, 4.69) is 34.6 Å². The van der Waals surface area contributed by atoms with Crippen LogP contribution >= 0.6 is 0 Å². The van der Waals surface area contributed by atoms with Crippen molar-refractivity contribution in [3.63, 3.8) is 0 Å². The Morgan fingerprint density at radius 1 is 1.29 bits per heavy atom. The van der Waals surface area contributed by atoms with E-state index in [0.29, 0.717) is 19.0 Å². The lowest BCUT2D eigenvalue weighted by molar-refractivity contribution is -0.141. The molecule has 1 aromatic heterocycles. The SMILES string of the molecule is CCc1ccc(CCCCN(CCC(NC(C)=O)C(=O)O)C2CC2)nc1NC. The first-order valence-electron chi connectivity index (χ1n) is 10.3. The van der Waals surface area contributed by atoms with Gasteiger partial charge in [0.2, 0.25) is 5.91 Å². The maximum atomic E-state index is 11.3. The van der Waals surface area contributed by atoms with Crippen LogP contribution in [0.2, 0.25) is 0 Å². The molecule has 0 bridgehead atoms. The summed E-state index contributed by atoms with van der Waals surface area (Å²) in [6.07, 6.45) is 6.83. The molecule has 1 amide bonds. The molecule has 0 aliphatic heterocycles. The minimum atomic E-state index is -0.965. The molecule has 0 aromatic carbocycles. The maximum Gasteiger partial charge on any atom is 0.326 e. The highest BCUT2D eigenvalue weighted by molar-refractivity contribution is 5.82. The van der Waals surface area contributed by atoms with E-state index in [-0.39, 0.29) is 5.91 Å². The fourth-order valence-electron chi connectivity index (χ4n) is 3.50. The monoisotopic (exact) mass is 390 g/mol. The van der Waals surface area contributed by atoms with Crippen molar-refractivity contribution in [3.05, 3.63) is 23.4 Å². The summed E-state index contributed by atoms with van der Waals surface area (Å²) in [6.45, 7) is 5.15. The van der Waals surface area contributed by atoms with Crippen molar-refractivity contribution in [1.82, 2.24) is 15.2 Å². The van der Waals surface area contributed by atoms with Gasteiger partial charge in [-0.25, -0.2) is 9.78 Å².